The maximum absolute atomic E-state index is 8.61. The Bertz CT molecular complexity index is 320. The van der Waals surface area contributed by atoms with Crippen LogP contribution in [-0.2, 0) is 0 Å². The third kappa shape index (κ3) is 1.20. The van der Waals surface area contributed by atoms with Crippen molar-refractivity contribution >= 4 is 0 Å². The average Bonchev–Trinajstić information content (AvgIpc) is 2.83. The van der Waals surface area contributed by atoms with Gasteiger partial charge in [-0.25, -0.2) is 0 Å². The molecule has 0 N–H and O–H groups in total. The minimum absolute atomic E-state index is 0.176. The van der Waals surface area contributed by atoms with Crippen molar-refractivity contribution in [3.8, 4) is 6.07 Å². The molecule has 0 saturated heterocycles. The van der Waals surface area contributed by atoms with E-state index in [9.17, 15) is 0 Å². The Morgan fingerprint density at radius 3 is 3.08 bits per heavy atom. The molecule has 0 amide bonds. The summed E-state index contributed by atoms with van der Waals surface area (Å²) in [6.07, 6.45) is 2.43. The molecule has 1 aromatic rings. The quantitative estimate of drug-likeness (QED) is 0.669. The molecule has 0 radical (unpaired) electrons. The van der Waals surface area contributed by atoms with E-state index in [-0.39, 0.29) is 5.92 Å². The lowest BCUT2D eigenvalue weighted by molar-refractivity contribution is 0.373. The van der Waals surface area contributed by atoms with Crippen LogP contribution in [0, 0.1) is 11.3 Å². The third-order valence-electron chi connectivity index (χ3n) is 2.16. The first-order valence-corrected chi connectivity index (χ1v) is 4.17. The van der Waals surface area contributed by atoms with E-state index in [4.69, 9.17) is 9.78 Å². The first-order chi connectivity index (χ1) is 5.81. The van der Waals surface area contributed by atoms with Crippen molar-refractivity contribution in [2.24, 2.45) is 0 Å². The molecule has 1 aliphatic carbocycles. The molecule has 0 bridgehead atoms. The summed E-state index contributed by atoms with van der Waals surface area (Å²) in [6, 6.07) is 4.03. The predicted molar refractivity (Wildman–Crippen MR) is 42.5 cm³/mol. The maximum atomic E-state index is 8.61. The van der Waals surface area contributed by atoms with Crippen LogP contribution in [-0.4, -0.2) is 5.16 Å². The Kier molecular flexibility index (Phi) is 1.61. The Morgan fingerprint density at radius 1 is 1.75 bits per heavy atom. The van der Waals surface area contributed by atoms with Gasteiger partial charge in [-0.05, 0) is 19.8 Å². The number of hydrogen-bond acceptors (Lipinski definition) is 3. The molecule has 0 aromatic carbocycles. The van der Waals surface area contributed by atoms with Crippen LogP contribution >= 0.6 is 0 Å². The lowest BCUT2D eigenvalue weighted by atomic mass is 10.1. The molecule has 1 aliphatic rings. The first kappa shape index (κ1) is 7.35. The van der Waals surface area contributed by atoms with Crippen molar-refractivity contribution in [2.45, 2.75) is 31.6 Å². The minimum Gasteiger partial charge on any atom is -0.360 e. The van der Waals surface area contributed by atoms with Crippen LogP contribution in [0.2, 0.25) is 0 Å². The summed E-state index contributed by atoms with van der Waals surface area (Å²) in [6.45, 7) is 1.82. The smallest absolute Gasteiger partial charge is 0.153 e. The van der Waals surface area contributed by atoms with E-state index in [1.807, 2.05) is 13.0 Å². The van der Waals surface area contributed by atoms with Crippen molar-refractivity contribution in [3.63, 3.8) is 0 Å². The molecule has 2 rings (SSSR count). The lowest BCUT2D eigenvalue weighted by Crippen LogP contribution is -1.84. The molecule has 62 valence electrons. The fourth-order valence-electron chi connectivity index (χ4n) is 1.14. The van der Waals surface area contributed by atoms with Gasteiger partial charge in [0.25, 0.3) is 0 Å². The first-order valence-electron chi connectivity index (χ1n) is 4.17. The highest BCUT2D eigenvalue weighted by atomic mass is 16.5. The standard InChI is InChI=1S/C9H10N2O/c1-6(5-10)9-4-8(11-12-9)7-2-3-7/h4,6-7H,2-3H2,1H3. The highest BCUT2D eigenvalue weighted by Gasteiger charge is 2.27. The fraction of sp³-hybridized carbons (Fsp3) is 0.556. The Labute approximate surface area is 71.0 Å². The summed E-state index contributed by atoms with van der Waals surface area (Å²) in [7, 11) is 0. The number of rotatable bonds is 2. The van der Waals surface area contributed by atoms with Gasteiger partial charge in [-0.3, -0.25) is 0 Å². The summed E-state index contributed by atoms with van der Waals surface area (Å²) >= 11 is 0. The number of aromatic nitrogens is 1. The van der Waals surface area contributed by atoms with Crippen LogP contribution in [0.4, 0.5) is 0 Å². The van der Waals surface area contributed by atoms with E-state index in [0.717, 1.165) is 5.69 Å². The van der Waals surface area contributed by atoms with Crippen molar-refractivity contribution in [3.05, 3.63) is 17.5 Å². The van der Waals surface area contributed by atoms with Crippen LogP contribution in [0.15, 0.2) is 10.6 Å². The molecule has 3 heteroatoms. The Morgan fingerprint density at radius 2 is 2.50 bits per heavy atom. The second kappa shape index (κ2) is 2.63. The molecule has 1 atom stereocenters. The van der Waals surface area contributed by atoms with Gasteiger partial charge in [0.15, 0.2) is 5.76 Å². The van der Waals surface area contributed by atoms with Crippen LogP contribution in [0.1, 0.15) is 43.1 Å². The second-order valence-corrected chi connectivity index (χ2v) is 3.28. The predicted octanol–water partition coefficient (Wildman–Crippen LogP) is 2.18. The molecule has 0 aliphatic heterocycles. The summed E-state index contributed by atoms with van der Waals surface area (Å²) in [5.41, 5.74) is 1.02. The molecule has 0 spiro atoms. The van der Waals surface area contributed by atoms with E-state index in [2.05, 4.69) is 11.2 Å². The van der Waals surface area contributed by atoms with E-state index in [0.29, 0.717) is 11.7 Å². The summed E-state index contributed by atoms with van der Waals surface area (Å²) in [4.78, 5) is 0. The molecule has 1 heterocycles. The Balaban J connectivity index is 2.18. The monoisotopic (exact) mass is 162 g/mol. The zero-order chi connectivity index (χ0) is 8.55. The van der Waals surface area contributed by atoms with E-state index in [1.165, 1.54) is 12.8 Å². The van der Waals surface area contributed by atoms with Crippen molar-refractivity contribution in [2.75, 3.05) is 0 Å². The van der Waals surface area contributed by atoms with Crippen LogP contribution in [0.5, 0.6) is 0 Å². The highest BCUT2D eigenvalue weighted by molar-refractivity contribution is 5.20. The lowest BCUT2D eigenvalue weighted by Gasteiger charge is -1.90. The fourth-order valence-corrected chi connectivity index (χ4v) is 1.14. The van der Waals surface area contributed by atoms with Gasteiger partial charge < -0.3 is 4.52 Å². The van der Waals surface area contributed by atoms with Gasteiger partial charge in [0.1, 0.15) is 5.92 Å². The van der Waals surface area contributed by atoms with Crippen LogP contribution < -0.4 is 0 Å². The SMILES string of the molecule is CC(C#N)c1cc(C2CC2)no1. The number of nitrogens with zero attached hydrogens (tertiary/aromatic N) is 2. The van der Waals surface area contributed by atoms with Gasteiger partial charge in [-0.15, -0.1) is 0 Å². The van der Waals surface area contributed by atoms with E-state index in [1.54, 1.807) is 0 Å². The minimum atomic E-state index is -0.176. The molecule has 1 saturated carbocycles. The van der Waals surface area contributed by atoms with E-state index >= 15 is 0 Å². The number of hydrogen-bond donors (Lipinski definition) is 0. The maximum Gasteiger partial charge on any atom is 0.153 e. The highest BCUT2D eigenvalue weighted by Crippen LogP contribution is 2.39. The zero-order valence-corrected chi connectivity index (χ0v) is 6.95. The van der Waals surface area contributed by atoms with Crippen molar-refractivity contribution in [1.82, 2.24) is 5.16 Å². The summed E-state index contributed by atoms with van der Waals surface area (Å²) in [5.74, 6) is 1.12. The van der Waals surface area contributed by atoms with Gasteiger partial charge in [-0.2, -0.15) is 5.26 Å². The van der Waals surface area contributed by atoms with Gasteiger partial charge in [-0.1, -0.05) is 5.16 Å². The molecule has 12 heavy (non-hydrogen) atoms. The Hall–Kier alpha value is -1.30. The molecular weight excluding hydrogens is 152 g/mol. The van der Waals surface area contributed by atoms with Gasteiger partial charge in [0, 0.05) is 12.0 Å². The molecule has 1 aromatic heterocycles. The van der Waals surface area contributed by atoms with Crippen molar-refractivity contribution < 1.29 is 4.52 Å². The van der Waals surface area contributed by atoms with Crippen LogP contribution in [0.3, 0.4) is 0 Å². The normalized spacial score (nSPS) is 18.7. The summed E-state index contributed by atoms with van der Waals surface area (Å²) in [5, 5.41) is 12.5. The topological polar surface area (TPSA) is 49.8 Å². The summed E-state index contributed by atoms with van der Waals surface area (Å²) < 4.78 is 5.05. The molecule has 1 fully saturated rings. The zero-order valence-electron chi connectivity index (χ0n) is 6.95. The number of nitriles is 1. The molecule has 3 nitrogen and oxygen atoms in total. The van der Waals surface area contributed by atoms with Gasteiger partial charge in [0.2, 0.25) is 0 Å². The van der Waals surface area contributed by atoms with E-state index < -0.39 is 0 Å². The molecular formula is C9H10N2O. The van der Waals surface area contributed by atoms with Gasteiger partial charge in [0.05, 0.1) is 11.8 Å². The van der Waals surface area contributed by atoms with Crippen LogP contribution in [0.25, 0.3) is 0 Å². The van der Waals surface area contributed by atoms with Crippen molar-refractivity contribution in [1.29, 1.82) is 5.26 Å². The van der Waals surface area contributed by atoms with Gasteiger partial charge >= 0.3 is 0 Å². The third-order valence-corrected chi connectivity index (χ3v) is 2.16. The average molecular weight is 162 g/mol. The molecule has 1 unspecified atom stereocenters. The largest absolute Gasteiger partial charge is 0.360 e. The second-order valence-electron chi connectivity index (χ2n) is 3.28.